The fourth-order valence-corrected chi connectivity index (χ4v) is 2.36. The lowest BCUT2D eigenvalue weighted by Crippen LogP contribution is -2.05. The maximum atomic E-state index is 11.7. The molecule has 0 saturated carbocycles. The molecule has 17 heavy (non-hydrogen) atoms. The third-order valence-corrected chi connectivity index (χ3v) is 3.16. The molecule has 0 aliphatic carbocycles. The highest BCUT2D eigenvalue weighted by Gasteiger charge is 2.31. The molecule has 2 nitrogen and oxygen atoms in total. The number of esters is 1. The second kappa shape index (κ2) is 3.74. The highest BCUT2D eigenvalue weighted by atomic mass is 16.5. The van der Waals surface area contributed by atoms with Gasteiger partial charge in [0.25, 0.3) is 0 Å². The average Bonchev–Trinajstić information content (AvgIpc) is 2.68. The van der Waals surface area contributed by atoms with Crippen LogP contribution in [-0.4, -0.2) is 5.97 Å². The highest BCUT2D eigenvalue weighted by molar-refractivity contribution is 5.92. The summed E-state index contributed by atoms with van der Waals surface area (Å²) in [6.45, 7) is 3.72. The van der Waals surface area contributed by atoms with Gasteiger partial charge in [-0.25, -0.2) is 0 Å². The second-order valence-corrected chi connectivity index (χ2v) is 4.28. The van der Waals surface area contributed by atoms with Gasteiger partial charge in [0.1, 0.15) is 5.76 Å². The summed E-state index contributed by atoms with van der Waals surface area (Å²) in [5.41, 5.74) is 1.03. The molecule has 0 spiro atoms. The SMILES string of the molecule is C=C1CC(c2cccc3ccccc23)C(=O)O1. The van der Waals surface area contributed by atoms with E-state index in [-0.39, 0.29) is 11.9 Å². The van der Waals surface area contributed by atoms with E-state index in [1.54, 1.807) is 0 Å². The van der Waals surface area contributed by atoms with Gasteiger partial charge in [0.2, 0.25) is 0 Å². The Morgan fingerprint density at radius 1 is 1.12 bits per heavy atom. The molecular formula is C15H12O2. The Balaban J connectivity index is 2.17. The van der Waals surface area contributed by atoms with Crippen molar-refractivity contribution in [3.63, 3.8) is 0 Å². The zero-order valence-electron chi connectivity index (χ0n) is 9.35. The van der Waals surface area contributed by atoms with E-state index < -0.39 is 0 Å². The maximum absolute atomic E-state index is 11.7. The van der Waals surface area contributed by atoms with Crippen molar-refractivity contribution in [1.82, 2.24) is 0 Å². The van der Waals surface area contributed by atoms with Crippen LogP contribution in [0.5, 0.6) is 0 Å². The first-order valence-corrected chi connectivity index (χ1v) is 5.63. The minimum Gasteiger partial charge on any atom is -0.431 e. The van der Waals surface area contributed by atoms with Crippen molar-refractivity contribution >= 4 is 16.7 Å². The number of carbonyl (C=O) groups is 1. The highest BCUT2D eigenvalue weighted by Crippen LogP contribution is 2.35. The van der Waals surface area contributed by atoms with Gasteiger partial charge in [-0.3, -0.25) is 4.79 Å². The zero-order valence-corrected chi connectivity index (χ0v) is 9.35. The molecule has 1 aliphatic rings. The van der Waals surface area contributed by atoms with Gasteiger partial charge in [-0.2, -0.15) is 0 Å². The Kier molecular flexibility index (Phi) is 2.22. The van der Waals surface area contributed by atoms with E-state index in [0.29, 0.717) is 12.2 Å². The normalized spacial score (nSPS) is 19.6. The zero-order chi connectivity index (χ0) is 11.8. The van der Waals surface area contributed by atoms with Gasteiger partial charge in [-0.05, 0) is 16.3 Å². The lowest BCUT2D eigenvalue weighted by molar-refractivity contribution is -0.136. The summed E-state index contributed by atoms with van der Waals surface area (Å²) in [7, 11) is 0. The first-order chi connectivity index (χ1) is 8.25. The number of hydrogen-bond donors (Lipinski definition) is 0. The van der Waals surface area contributed by atoms with Crippen LogP contribution in [0.1, 0.15) is 17.9 Å². The molecule has 1 atom stereocenters. The maximum Gasteiger partial charge on any atom is 0.318 e. The Hall–Kier alpha value is -2.09. The van der Waals surface area contributed by atoms with E-state index in [9.17, 15) is 4.79 Å². The molecule has 3 rings (SSSR count). The van der Waals surface area contributed by atoms with E-state index >= 15 is 0 Å². The van der Waals surface area contributed by atoms with Crippen molar-refractivity contribution in [3.05, 3.63) is 60.4 Å². The van der Waals surface area contributed by atoms with Gasteiger partial charge in [0, 0.05) is 6.42 Å². The molecule has 1 fully saturated rings. The molecule has 0 N–H and O–H groups in total. The smallest absolute Gasteiger partial charge is 0.318 e. The van der Waals surface area contributed by atoms with Crippen molar-refractivity contribution < 1.29 is 9.53 Å². The largest absolute Gasteiger partial charge is 0.431 e. The fraction of sp³-hybridized carbons (Fsp3) is 0.133. The van der Waals surface area contributed by atoms with Crippen LogP contribution in [0.4, 0.5) is 0 Å². The molecule has 0 radical (unpaired) electrons. The number of rotatable bonds is 1. The molecule has 0 aromatic heterocycles. The van der Waals surface area contributed by atoms with Gasteiger partial charge < -0.3 is 4.74 Å². The predicted molar refractivity (Wildman–Crippen MR) is 66.5 cm³/mol. The summed E-state index contributed by atoms with van der Waals surface area (Å²) in [4.78, 5) is 11.7. The lowest BCUT2D eigenvalue weighted by atomic mass is 9.92. The number of carbonyl (C=O) groups excluding carboxylic acids is 1. The van der Waals surface area contributed by atoms with Crippen LogP contribution in [0, 0.1) is 0 Å². The molecular weight excluding hydrogens is 212 g/mol. The van der Waals surface area contributed by atoms with Gasteiger partial charge >= 0.3 is 5.97 Å². The molecule has 1 saturated heterocycles. The monoisotopic (exact) mass is 224 g/mol. The van der Waals surface area contributed by atoms with Crippen molar-refractivity contribution in [2.24, 2.45) is 0 Å². The molecule has 2 heteroatoms. The molecule has 1 heterocycles. The Bertz CT molecular complexity index is 608. The van der Waals surface area contributed by atoms with E-state index in [1.165, 1.54) is 0 Å². The topological polar surface area (TPSA) is 26.3 Å². The fourth-order valence-electron chi connectivity index (χ4n) is 2.36. The molecule has 0 amide bonds. The number of cyclic esters (lactones) is 1. The third kappa shape index (κ3) is 1.62. The number of ether oxygens (including phenoxy) is 1. The molecule has 0 bridgehead atoms. The Morgan fingerprint density at radius 2 is 1.88 bits per heavy atom. The predicted octanol–water partition coefficient (Wildman–Crippen LogP) is 3.38. The van der Waals surface area contributed by atoms with Crippen LogP contribution in [0.15, 0.2) is 54.8 Å². The van der Waals surface area contributed by atoms with Crippen molar-refractivity contribution in [2.75, 3.05) is 0 Å². The van der Waals surface area contributed by atoms with E-state index in [1.807, 2.05) is 42.5 Å². The van der Waals surface area contributed by atoms with Crippen LogP contribution in [0.25, 0.3) is 10.8 Å². The number of allylic oxidation sites excluding steroid dienone is 1. The van der Waals surface area contributed by atoms with Crippen molar-refractivity contribution in [2.45, 2.75) is 12.3 Å². The van der Waals surface area contributed by atoms with E-state index in [2.05, 4.69) is 6.58 Å². The lowest BCUT2D eigenvalue weighted by Gasteiger charge is -2.09. The molecule has 1 aliphatic heterocycles. The quantitative estimate of drug-likeness (QED) is 0.694. The number of benzene rings is 2. The minimum absolute atomic E-state index is 0.189. The standard InChI is InChI=1S/C15H12O2/c1-10-9-14(15(16)17-10)13-8-4-6-11-5-2-3-7-12(11)13/h2-8,14H,1,9H2. The van der Waals surface area contributed by atoms with Crippen LogP contribution < -0.4 is 0 Å². The number of fused-ring (bicyclic) bond motifs is 1. The van der Waals surface area contributed by atoms with E-state index in [4.69, 9.17) is 4.74 Å². The van der Waals surface area contributed by atoms with Gasteiger partial charge in [0.05, 0.1) is 5.92 Å². The Labute approximate surface area is 99.5 Å². The number of hydrogen-bond acceptors (Lipinski definition) is 2. The summed E-state index contributed by atoms with van der Waals surface area (Å²) < 4.78 is 5.04. The summed E-state index contributed by atoms with van der Waals surface area (Å²) in [5.74, 6) is 0.174. The van der Waals surface area contributed by atoms with Crippen molar-refractivity contribution in [1.29, 1.82) is 0 Å². The summed E-state index contributed by atoms with van der Waals surface area (Å²) in [6, 6.07) is 14.1. The van der Waals surface area contributed by atoms with Crippen LogP contribution in [-0.2, 0) is 9.53 Å². The second-order valence-electron chi connectivity index (χ2n) is 4.28. The van der Waals surface area contributed by atoms with Gasteiger partial charge in [-0.15, -0.1) is 0 Å². The van der Waals surface area contributed by atoms with Crippen LogP contribution >= 0.6 is 0 Å². The minimum atomic E-state index is -0.200. The first-order valence-electron chi connectivity index (χ1n) is 5.63. The molecule has 84 valence electrons. The molecule has 2 aromatic carbocycles. The molecule has 2 aromatic rings. The third-order valence-electron chi connectivity index (χ3n) is 3.16. The average molecular weight is 224 g/mol. The summed E-state index contributed by atoms with van der Waals surface area (Å²) in [5, 5.41) is 2.27. The Morgan fingerprint density at radius 3 is 2.65 bits per heavy atom. The van der Waals surface area contributed by atoms with Gasteiger partial charge in [-0.1, -0.05) is 49.0 Å². The van der Waals surface area contributed by atoms with E-state index in [0.717, 1.165) is 16.3 Å². The summed E-state index contributed by atoms with van der Waals surface area (Å²) >= 11 is 0. The molecule has 1 unspecified atom stereocenters. The van der Waals surface area contributed by atoms with Crippen LogP contribution in [0.2, 0.25) is 0 Å². The summed E-state index contributed by atoms with van der Waals surface area (Å²) in [6.07, 6.45) is 0.590. The van der Waals surface area contributed by atoms with Gasteiger partial charge in [0.15, 0.2) is 0 Å². The first kappa shape index (κ1) is 10.1. The van der Waals surface area contributed by atoms with Crippen LogP contribution in [0.3, 0.4) is 0 Å². The van der Waals surface area contributed by atoms with Crippen molar-refractivity contribution in [3.8, 4) is 0 Å².